The van der Waals surface area contributed by atoms with Crippen LogP contribution >= 0.6 is 11.3 Å². The maximum absolute atomic E-state index is 13.0. The Kier molecular flexibility index (Phi) is 5.78. The van der Waals surface area contributed by atoms with E-state index in [9.17, 15) is 9.59 Å². The van der Waals surface area contributed by atoms with Crippen molar-refractivity contribution in [1.29, 1.82) is 0 Å². The second-order valence-electron chi connectivity index (χ2n) is 6.25. The fraction of sp³-hybridized carbons (Fsp3) is 0.368. The molecule has 1 heterocycles. The molecule has 2 aromatic rings. The summed E-state index contributed by atoms with van der Waals surface area (Å²) in [4.78, 5) is 28.6. The molecule has 0 spiro atoms. The van der Waals surface area contributed by atoms with Gasteiger partial charge in [-0.05, 0) is 57.5 Å². The first kappa shape index (κ1) is 18.2. The molecule has 0 atom stereocenters. The monoisotopic (exact) mass is 344 g/mol. The highest BCUT2D eigenvalue weighted by Crippen LogP contribution is 2.22. The Balaban J connectivity index is 2.27. The van der Waals surface area contributed by atoms with Crippen LogP contribution in [0.4, 0.5) is 5.69 Å². The smallest absolute Gasteiger partial charge is 0.254 e. The number of carbonyl (C=O) groups excluding carboxylic acids is 2. The molecule has 1 N–H and O–H groups in total. The molecule has 1 aromatic heterocycles. The zero-order chi connectivity index (χ0) is 17.9. The number of hydrogen-bond acceptors (Lipinski definition) is 3. The van der Waals surface area contributed by atoms with Crippen LogP contribution in [-0.4, -0.2) is 22.8 Å². The van der Waals surface area contributed by atoms with E-state index in [2.05, 4.69) is 24.4 Å². The molecule has 2 rings (SSSR count). The van der Waals surface area contributed by atoms with Gasteiger partial charge in [-0.1, -0.05) is 6.07 Å². The highest BCUT2D eigenvalue weighted by molar-refractivity contribution is 7.11. The third-order valence-electron chi connectivity index (χ3n) is 3.80. The van der Waals surface area contributed by atoms with Crippen molar-refractivity contribution in [1.82, 2.24) is 4.90 Å². The first-order valence-electron chi connectivity index (χ1n) is 8.02. The molecule has 0 aliphatic carbocycles. The van der Waals surface area contributed by atoms with E-state index in [4.69, 9.17) is 0 Å². The molecule has 0 saturated heterocycles. The molecule has 0 aliphatic rings. The molecular formula is C19H24N2O2S. The van der Waals surface area contributed by atoms with Gasteiger partial charge < -0.3 is 10.2 Å². The summed E-state index contributed by atoms with van der Waals surface area (Å²) in [5.74, 6) is -0.167. The van der Waals surface area contributed by atoms with Gasteiger partial charge >= 0.3 is 0 Å². The number of nitrogens with one attached hydrogen (secondary N) is 1. The first-order valence-corrected chi connectivity index (χ1v) is 8.84. The summed E-state index contributed by atoms with van der Waals surface area (Å²) in [6, 6.07) is 9.67. The second-order valence-corrected chi connectivity index (χ2v) is 7.62. The molecule has 0 saturated carbocycles. The summed E-state index contributed by atoms with van der Waals surface area (Å²) >= 11 is 1.71. The molecule has 5 heteroatoms. The molecule has 0 unspecified atom stereocenters. The highest BCUT2D eigenvalue weighted by Gasteiger charge is 2.20. The summed E-state index contributed by atoms with van der Waals surface area (Å²) in [5.41, 5.74) is 2.21. The molecule has 4 nitrogen and oxygen atoms in total. The van der Waals surface area contributed by atoms with Gasteiger partial charge in [-0.3, -0.25) is 9.59 Å². The minimum absolute atomic E-state index is 0.0253. The number of rotatable bonds is 5. The predicted octanol–water partition coefficient (Wildman–Crippen LogP) is 4.37. The van der Waals surface area contributed by atoms with Crippen molar-refractivity contribution < 1.29 is 9.59 Å². The first-order chi connectivity index (χ1) is 11.3. The molecule has 0 aliphatic heterocycles. The van der Waals surface area contributed by atoms with E-state index in [1.54, 1.807) is 17.4 Å². The number of hydrogen-bond donors (Lipinski definition) is 1. The van der Waals surface area contributed by atoms with Gasteiger partial charge in [-0.15, -0.1) is 11.3 Å². The Morgan fingerprint density at radius 1 is 1.17 bits per heavy atom. The second kappa shape index (κ2) is 7.62. The molecule has 0 radical (unpaired) electrons. The van der Waals surface area contributed by atoms with Gasteiger partial charge in [0, 0.05) is 34.0 Å². The minimum atomic E-state index is -0.141. The lowest BCUT2D eigenvalue weighted by atomic mass is 10.1. The van der Waals surface area contributed by atoms with Gasteiger partial charge in [0.1, 0.15) is 0 Å². The van der Waals surface area contributed by atoms with Gasteiger partial charge in [0.25, 0.3) is 5.91 Å². The molecule has 1 aromatic carbocycles. The number of carbonyl (C=O) groups is 2. The maximum atomic E-state index is 13.0. The van der Waals surface area contributed by atoms with E-state index < -0.39 is 0 Å². The van der Waals surface area contributed by atoms with Crippen LogP contribution in [0.3, 0.4) is 0 Å². The Labute approximate surface area is 147 Å². The van der Waals surface area contributed by atoms with Crippen LogP contribution in [0.25, 0.3) is 0 Å². The van der Waals surface area contributed by atoms with Crippen LogP contribution in [0.1, 0.15) is 46.4 Å². The van der Waals surface area contributed by atoms with Crippen molar-refractivity contribution in [3.63, 3.8) is 0 Å². The van der Waals surface area contributed by atoms with E-state index >= 15 is 0 Å². The van der Waals surface area contributed by atoms with Gasteiger partial charge in [-0.25, -0.2) is 0 Å². The standard InChI is InChI=1S/C19H24N2O2S/c1-12(2)21(11-17-9-7-14(4)24-17)19(23)16-8-6-13(3)18(10-16)20-15(5)22/h6-10,12H,11H2,1-5H3,(H,20,22). The number of nitrogens with zero attached hydrogens (tertiary/aromatic N) is 1. The summed E-state index contributed by atoms with van der Waals surface area (Å²) in [7, 11) is 0. The Hall–Kier alpha value is -2.14. The average Bonchev–Trinajstić information content (AvgIpc) is 2.91. The Morgan fingerprint density at radius 2 is 1.88 bits per heavy atom. The van der Waals surface area contributed by atoms with E-state index in [0.717, 1.165) is 5.56 Å². The number of anilines is 1. The zero-order valence-electron chi connectivity index (χ0n) is 14.8. The van der Waals surface area contributed by atoms with Crippen molar-refractivity contribution in [2.75, 3.05) is 5.32 Å². The van der Waals surface area contributed by atoms with Crippen molar-refractivity contribution >= 4 is 28.8 Å². The third-order valence-corrected chi connectivity index (χ3v) is 4.79. The maximum Gasteiger partial charge on any atom is 0.254 e. The lowest BCUT2D eigenvalue weighted by Gasteiger charge is -2.26. The SMILES string of the molecule is CC(=O)Nc1cc(C(=O)N(Cc2ccc(C)s2)C(C)C)ccc1C. The fourth-order valence-electron chi connectivity index (χ4n) is 2.47. The quantitative estimate of drug-likeness (QED) is 0.875. The topological polar surface area (TPSA) is 49.4 Å². The summed E-state index contributed by atoms with van der Waals surface area (Å²) in [6.07, 6.45) is 0. The summed E-state index contributed by atoms with van der Waals surface area (Å²) in [5, 5.41) is 2.78. The zero-order valence-corrected chi connectivity index (χ0v) is 15.7. The lowest BCUT2D eigenvalue weighted by Crippen LogP contribution is -2.36. The summed E-state index contributed by atoms with van der Waals surface area (Å²) < 4.78 is 0. The van der Waals surface area contributed by atoms with Crippen LogP contribution in [-0.2, 0) is 11.3 Å². The van der Waals surface area contributed by atoms with Crippen molar-refractivity contribution in [3.8, 4) is 0 Å². The minimum Gasteiger partial charge on any atom is -0.331 e. The van der Waals surface area contributed by atoms with Gasteiger partial charge in [-0.2, -0.15) is 0 Å². The van der Waals surface area contributed by atoms with Gasteiger partial charge in [0.2, 0.25) is 5.91 Å². The van der Waals surface area contributed by atoms with E-state index in [0.29, 0.717) is 17.8 Å². The van der Waals surface area contributed by atoms with E-state index in [1.165, 1.54) is 16.7 Å². The van der Waals surface area contributed by atoms with E-state index in [-0.39, 0.29) is 17.9 Å². The average molecular weight is 344 g/mol. The van der Waals surface area contributed by atoms with Crippen LogP contribution < -0.4 is 5.32 Å². The normalized spacial score (nSPS) is 10.8. The molecule has 24 heavy (non-hydrogen) atoms. The number of benzene rings is 1. The lowest BCUT2D eigenvalue weighted by molar-refractivity contribution is -0.114. The van der Waals surface area contributed by atoms with Crippen LogP contribution in [0.5, 0.6) is 0 Å². The van der Waals surface area contributed by atoms with Crippen molar-refractivity contribution in [2.45, 2.75) is 47.2 Å². The molecule has 0 bridgehead atoms. The fourth-order valence-corrected chi connectivity index (χ4v) is 3.36. The van der Waals surface area contributed by atoms with Gasteiger partial charge in [0.15, 0.2) is 0 Å². The molecular weight excluding hydrogens is 320 g/mol. The molecule has 2 amide bonds. The van der Waals surface area contributed by atoms with Crippen LogP contribution in [0.2, 0.25) is 0 Å². The van der Waals surface area contributed by atoms with Crippen molar-refractivity contribution in [2.24, 2.45) is 0 Å². The number of aryl methyl sites for hydroxylation is 2. The Morgan fingerprint density at radius 3 is 2.42 bits per heavy atom. The molecule has 128 valence electrons. The molecule has 0 fully saturated rings. The van der Waals surface area contributed by atoms with Gasteiger partial charge in [0.05, 0.1) is 6.54 Å². The van der Waals surface area contributed by atoms with E-state index in [1.807, 2.05) is 37.8 Å². The number of thiophene rings is 1. The number of amides is 2. The van der Waals surface area contributed by atoms with Crippen molar-refractivity contribution in [3.05, 3.63) is 51.2 Å². The summed E-state index contributed by atoms with van der Waals surface area (Å²) in [6.45, 7) is 10.1. The highest BCUT2D eigenvalue weighted by atomic mass is 32.1. The Bertz CT molecular complexity index is 750. The largest absolute Gasteiger partial charge is 0.331 e. The predicted molar refractivity (Wildman–Crippen MR) is 99.5 cm³/mol. The third kappa shape index (κ3) is 4.45. The van der Waals surface area contributed by atoms with Crippen LogP contribution in [0, 0.1) is 13.8 Å². The van der Waals surface area contributed by atoms with Crippen LogP contribution in [0.15, 0.2) is 30.3 Å².